The fourth-order valence-electron chi connectivity index (χ4n) is 4.71. The summed E-state index contributed by atoms with van der Waals surface area (Å²) in [5.41, 5.74) is 9.13. The molecule has 166 valence electrons. The second kappa shape index (κ2) is 7.81. The zero-order chi connectivity index (χ0) is 23.3. The number of hydrogen-bond acceptors (Lipinski definition) is 3. The Morgan fingerprint density at radius 2 is 1.81 bits per heavy atom. The van der Waals surface area contributed by atoms with Crippen molar-refractivity contribution >= 4 is 41.8 Å². The minimum Gasteiger partial charge on any atom is -0.480 e. The molecule has 0 saturated carbocycles. The lowest BCUT2D eigenvalue weighted by Gasteiger charge is -2.48. The highest BCUT2D eigenvalue weighted by atomic mass is 32.1. The standard InChI is InChI=1S/C25H28N4O2S/c1-24(2)9-11-28-12-10-25(3,4)19-14-16(13-18(24)21(19)28)7-6-8-17-22(26-5)27-29(23(17)32)15-20(30)31/h7-8,13-14,27H,9-12,15H2,1-4H3,(H,30,31). The molecule has 2 aromatic rings. The molecule has 0 saturated heterocycles. The number of carboxylic acid groups (broad SMARTS) is 1. The van der Waals surface area contributed by atoms with Gasteiger partial charge in [-0.15, -0.1) is 5.73 Å². The number of nitrogens with zero attached hydrogens (tertiary/aromatic N) is 3. The quantitative estimate of drug-likeness (QED) is 0.359. The van der Waals surface area contributed by atoms with Crippen LogP contribution in [0, 0.1) is 11.2 Å². The monoisotopic (exact) mass is 448 g/mol. The number of aromatic nitrogens is 2. The molecule has 1 aromatic heterocycles. The van der Waals surface area contributed by atoms with Gasteiger partial charge in [0.05, 0.1) is 0 Å². The number of H-pyrrole nitrogens is 1. The Balaban J connectivity index is 1.79. The van der Waals surface area contributed by atoms with Crippen LogP contribution >= 0.6 is 12.2 Å². The van der Waals surface area contributed by atoms with Gasteiger partial charge in [0.2, 0.25) is 0 Å². The van der Waals surface area contributed by atoms with Gasteiger partial charge in [-0.1, -0.05) is 46.5 Å². The van der Waals surface area contributed by atoms with Gasteiger partial charge in [0.1, 0.15) is 4.64 Å². The molecule has 4 rings (SSSR count). The van der Waals surface area contributed by atoms with Crippen molar-refractivity contribution in [3.8, 4) is 0 Å². The van der Waals surface area contributed by atoms with E-state index >= 15 is 0 Å². The highest BCUT2D eigenvalue weighted by Gasteiger charge is 2.39. The molecule has 0 unspecified atom stereocenters. The maximum Gasteiger partial charge on any atom is 0.327 e. The van der Waals surface area contributed by atoms with Crippen molar-refractivity contribution in [2.24, 2.45) is 0 Å². The largest absolute Gasteiger partial charge is 0.480 e. The average Bonchev–Trinajstić information content (AvgIpc) is 3.01. The Labute approximate surface area is 193 Å². The van der Waals surface area contributed by atoms with Gasteiger partial charge in [-0.05, 0) is 64.6 Å². The first-order valence-electron chi connectivity index (χ1n) is 10.8. The van der Waals surface area contributed by atoms with E-state index in [-0.39, 0.29) is 27.8 Å². The van der Waals surface area contributed by atoms with Crippen LogP contribution in [0.4, 0.5) is 11.5 Å². The first-order chi connectivity index (χ1) is 15.0. The smallest absolute Gasteiger partial charge is 0.327 e. The lowest BCUT2D eigenvalue weighted by Crippen LogP contribution is -2.44. The van der Waals surface area contributed by atoms with E-state index < -0.39 is 5.97 Å². The molecule has 3 heterocycles. The van der Waals surface area contributed by atoms with Crippen molar-refractivity contribution < 1.29 is 9.90 Å². The van der Waals surface area contributed by atoms with E-state index in [9.17, 15) is 4.79 Å². The summed E-state index contributed by atoms with van der Waals surface area (Å²) in [6.07, 6.45) is 5.85. The van der Waals surface area contributed by atoms with Gasteiger partial charge in [0, 0.05) is 24.3 Å². The Bertz CT molecular complexity index is 1220. The Morgan fingerprint density at radius 1 is 1.22 bits per heavy atom. The van der Waals surface area contributed by atoms with Crippen LogP contribution in [0.2, 0.25) is 0 Å². The lowest BCUT2D eigenvalue weighted by molar-refractivity contribution is -0.137. The number of hydrogen-bond donors (Lipinski definition) is 2. The predicted octanol–water partition coefficient (Wildman–Crippen LogP) is 5.68. The molecule has 6 nitrogen and oxygen atoms in total. The third-order valence-electron chi connectivity index (χ3n) is 6.77. The van der Waals surface area contributed by atoms with E-state index in [0.29, 0.717) is 5.56 Å². The molecule has 0 fully saturated rings. The van der Waals surface area contributed by atoms with E-state index in [2.05, 4.69) is 60.4 Å². The molecule has 2 N–H and O–H groups in total. The summed E-state index contributed by atoms with van der Waals surface area (Å²) in [7, 11) is 0. The molecule has 0 spiro atoms. The molecule has 2 aliphatic rings. The van der Waals surface area contributed by atoms with Crippen LogP contribution in [0.5, 0.6) is 0 Å². The Morgan fingerprint density at radius 3 is 2.34 bits per heavy atom. The van der Waals surface area contributed by atoms with Crippen molar-refractivity contribution in [1.29, 1.82) is 0 Å². The zero-order valence-corrected chi connectivity index (χ0v) is 19.8. The molecular weight excluding hydrogens is 420 g/mol. The highest BCUT2D eigenvalue weighted by Crippen LogP contribution is 2.49. The number of benzene rings is 1. The molecule has 0 bridgehead atoms. The summed E-state index contributed by atoms with van der Waals surface area (Å²) in [5, 5.41) is 11.8. The van der Waals surface area contributed by atoms with E-state index in [0.717, 1.165) is 31.5 Å². The zero-order valence-electron chi connectivity index (χ0n) is 19.0. The number of nitrogens with one attached hydrogen (secondary N) is 1. The molecular formula is C25H28N4O2S. The second-order valence-electron chi connectivity index (χ2n) is 9.95. The predicted molar refractivity (Wildman–Crippen MR) is 130 cm³/mol. The molecule has 0 atom stereocenters. The highest BCUT2D eigenvalue weighted by molar-refractivity contribution is 7.71. The van der Waals surface area contributed by atoms with Gasteiger partial charge in [-0.25, -0.2) is 9.78 Å². The van der Waals surface area contributed by atoms with E-state index in [4.69, 9.17) is 23.9 Å². The number of carboxylic acids is 1. The number of carbonyl (C=O) groups is 1. The first-order valence-corrected chi connectivity index (χ1v) is 11.2. The topological polar surface area (TPSA) is 65.6 Å². The average molecular weight is 449 g/mol. The minimum atomic E-state index is -1.02. The fourth-order valence-corrected chi connectivity index (χ4v) is 4.98. The maximum atomic E-state index is 11.0. The van der Waals surface area contributed by atoms with Gasteiger partial charge in [0.15, 0.2) is 6.54 Å². The Hall–Kier alpha value is -3.07. The van der Waals surface area contributed by atoms with Crippen LogP contribution in [-0.4, -0.2) is 33.9 Å². The van der Waals surface area contributed by atoms with E-state index in [1.807, 2.05) is 6.08 Å². The number of rotatable bonds is 4. The van der Waals surface area contributed by atoms with Gasteiger partial charge in [-0.3, -0.25) is 4.79 Å². The van der Waals surface area contributed by atoms with Crippen LogP contribution in [0.15, 0.2) is 17.9 Å². The molecule has 7 heteroatoms. The maximum absolute atomic E-state index is 11.0. The molecule has 1 aromatic carbocycles. The summed E-state index contributed by atoms with van der Waals surface area (Å²) < 4.78 is 1.58. The van der Waals surface area contributed by atoms with Crippen LogP contribution in [0.1, 0.15) is 62.8 Å². The van der Waals surface area contributed by atoms with Crippen molar-refractivity contribution in [2.75, 3.05) is 18.0 Å². The van der Waals surface area contributed by atoms with Crippen LogP contribution in [0.25, 0.3) is 17.0 Å². The van der Waals surface area contributed by atoms with Crippen LogP contribution < -0.4 is 4.90 Å². The number of aromatic amines is 1. The molecule has 0 amide bonds. The first kappa shape index (κ1) is 22.1. The van der Waals surface area contributed by atoms with Gasteiger partial charge < -0.3 is 14.9 Å². The molecule has 2 aliphatic heterocycles. The van der Waals surface area contributed by atoms with Crippen molar-refractivity contribution in [3.05, 3.63) is 56.2 Å². The lowest BCUT2D eigenvalue weighted by atomic mass is 9.69. The Kier molecular flexibility index (Phi) is 5.40. The summed E-state index contributed by atoms with van der Waals surface area (Å²) in [5.74, 6) is -0.803. The van der Waals surface area contributed by atoms with Crippen molar-refractivity contribution in [3.63, 3.8) is 0 Å². The minimum absolute atomic E-state index is 0.107. The molecule has 0 radical (unpaired) electrons. The van der Waals surface area contributed by atoms with Gasteiger partial charge in [0.25, 0.3) is 5.82 Å². The van der Waals surface area contributed by atoms with Crippen LogP contribution in [-0.2, 0) is 22.2 Å². The summed E-state index contributed by atoms with van der Waals surface area (Å²) in [4.78, 5) is 17.0. The third kappa shape index (κ3) is 3.81. The molecule has 32 heavy (non-hydrogen) atoms. The number of anilines is 1. The number of aliphatic carboxylic acids is 1. The normalized spacial score (nSPS) is 17.7. The summed E-state index contributed by atoms with van der Waals surface area (Å²) in [6.45, 7) is 18.5. The van der Waals surface area contributed by atoms with Gasteiger partial charge in [-0.2, -0.15) is 0 Å². The summed E-state index contributed by atoms with van der Waals surface area (Å²) in [6, 6.07) is 4.53. The summed E-state index contributed by atoms with van der Waals surface area (Å²) >= 11 is 5.36. The SMILES string of the molecule is [C-]#[N+]c1[nH]n(CC(=O)O)c(=S)c1C=C=Cc1cc2c3c(c1)C(C)(C)CCN3CCC2(C)C. The van der Waals surface area contributed by atoms with Crippen LogP contribution in [0.3, 0.4) is 0 Å². The van der Waals surface area contributed by atoms with E-state index in [1.165, 1.54) is 21.5 Å². The molecule has 0 aliphatic carbocycles. The van der Waals surface area contributed by atoms with Crippen molar-refractivity contribution in [1.82, 2.24) is 9.78 Å². The van der Waals surface area contributed by atoms with Gasteiger partial charge >= 0.3 is 5.97 Å². The van der Waals surface area contributed by atoms with E-state index in [1.54, 1.807) is 6.08 Å². The third-order valence-corrected chi connectivity index (χ3v) is 7.21. The second-order valence-corrected chi connectivity index (χ2v) is 10.3. The van der Waals surface area contributed by atoms with Crippen molar-refractivity contribution in [2.45, 2.75) is 57.9 Å². The fraction of sp³-hybridized carbons (Fsp3) is 0.440.